The maximum atomic E-state index is 12.7. The number of amides is 1. The Kier molecular flexibility index (Phi) is 4.52. The number of rotatable bonds is 5. The van der Waals surface area contributed by atoms with Gasteiger partial charge in [0.05, 0.1) is 5.69 Å². The molecule has 0 fully saturated rings. The number of aromatic nitrogens is 3. The van der Waals surface area contributed by atoms with Crippen LogP contribution in [-0.4, -0.2) is 27.2 Å². The van der Waals surface area contributed by atoms with E-state index in [0.717, 1.165) is 42.5 Å². The van der Waals surface area contributed by atoms with Gasteiger partial charge in [-0.3, -0.25) is 9.78 Å². The van der Waals surface area contributed by atoms with Gasteiger partial charge in [-0.2, -0.15) is 5.10 Å². The molecule has 0 spiro atoms. The third-order valence-corrected chi connectivity index (χ3v) is 4.85. The third-order valence-electron chi connectivity index (χ3n) is 4.85. The maximum Gasteiger partial charge on any atom is 0.272 e. The van der Waals surface area contributed by atoms with E-state index < -0.39 is 0 Å². The van der Waals surface area contributed by atoms with Crippen molar-refractivity contribution in [2.24, 2.45) is 0 Å². The van der Waals surface area contributed by atoms with Gasteiger partial charge in [0.1, 0.15) is 0 Å². The molecule has 3 aromatic rings. The molecule has 1 aromatic carbocycles. The summed E-state index contributed by atoms with van der Waals surface area (Å²) < 4.78 is 1.94. The number of fused-ring (bicyclic) bond motifs is 1. The average molecular weight is 346 g/mol. The van der Waals surface area contributed by atoms with Gasteiger partial charge in [0, 0.05) is 30.2 Å². The minimum atomic E-state index is -0.0853. The molecule has 1 N–H and O–H groups in total. The summed E-state index contributed by atoms with van der Waals surface area (Å²) in [5.74, 6) is -0.0853. The summed E-state index contributed by atoms with van der Waals surface area (Å²) in [6, 6.07) is 12.2. The van der Waals surface area contributed by atoms with Gasteiger partial charge in [-0.1, -0.05) is 23.8 Å². The Balaban J connectivity index is 1.52. The highest BCUT2D eigenvalue weighted by atomic mass is 16.1. The fraction of sp³-hybridized carbons (Fsp3) is 0.286. The Labute approximate surface area is 153 Å². The van der Waals surface area contributed by atoms with E-state index in [4.69, 9.17) is 0 Å². The Bertz CT molecular complexity index is 913. The SMILES string of the molecule is Cc1ccc(-n2nc(C(=O)NCCc3cccnc3)c3c2CCC3)cc1. The number of carbonyl (C=O) groups excluding carboxylic acids is 1. The van der Waals surface area contributed by atoms with Gasteiger partial charge in [-0.25, -0.2) is 4.68 Å². The van der Waals surface area contributed by atoms with Gasteiger partial charge in [-0.15, -0.1) is 0 Å². The first kappa shape index (κ1) is 16.5. The molecule has 4 rings (SSSR count). The van der Waals surface area contributed by atoms with Crippen LogP contribution in [-0.2, 0) is 19.3 Å². The van der Waals surface area contributed by atoms with Gasteiger partial charge in [0.25, 0.3) is 5.91 Å². The maximum absolute atomic E-state index is 12.7. The number of hydrogen-bond donors (Lipinski definition) is 1. The molecule has 0 unspecified atom stereocenters. The standard InChI is InChI=1S/C21H22N4O/c1-15-7-9-17(10-8-15)25-19-6-2-5-18(19)20(24-25)21(26)23-13-11-16-4-3-12-22-14-16/h3-4,7-10,12,14H,2,5-6,11,13H2,1H3,(H,23,26). The summed E-state index contributed by atoms with van der Waals surface area (Å²) in [6.45, 7) is 2.65. The second-order valence-corrected chi connectivity index (χ2v) is 6.74. The van der Waals surface area contributed by atoms with Crippen molar-refractivity contribution < 1.29 is 4.79 Å². The molecule has 2 heterocycles. The molecule has 1 amide bonds. The van der Waals surface area contributed by atoms with Crippen LogP contribution in [0.25, 0.3) is 5.69 Å². The van der Waals surface area contributed by atoms with Crippen LogP contribution >= 0.6 is 0 Å². The number of nitrogens with zero attached hydrogens (tertiary/aromatic N) is 3. The fourth-order valence-electron chi connectivity index (χ4n) is 3.47. The molecule has 2 aromatic heterocycles. The normalized spacial score (nSPS) is 12.8. The second kappa shape index (κ2) is 7.12. The second-order valence-electron chi connectivity index (χ2n) is 6.74. The molecule has 0 atom stereocenters. The average Bonchev–Trinajstić information content (AvgIpc) is 3.26. The molecular formula is C21H22N4O. The quantitative estimate of drug-likeness (QED) is 0.772. The number of benzene rings is 1. The van der Waals surface area contributed by atoms with Crippen molar-refractivity contribution in [1.29, 1.82) is 0 Å². The Morgan fingerprint density at radius 2 is 2.04 bits per heavy atom. The van der Waals surface area contributed by atoms with E-state index in [-0.39, 0.29) is 5.91 Å². The predicted molar refractivity (Wildman–Crippen MR) is 101 cm³/mol. The topological polar surface area (TPSA) is 59.8 Å². The van der Waals surface area contributed by atoms with Crippen LogP contribution in [0.3, 0.4) is 0 Å². The minimum absolute atomic E-state index is 0.0853. The first-order valence-corrected chi connectivity index (χ1v) is 9.07. The molecule has 0 radical (unpaired) electrons. The smallest absolute Gasteiger partial charge is 0.272 e. The van der Waals surface area contributed by atoms with E-state index in [0.29, 0.717) is 12.2 Å². The molecule has 0 saturated heterocycles. The van der Waals surface area contributed by atoms with Crippen LogP contribution in [0.15, 0.2) is 48.8 Å². The zero-order valence-corrected chi connectivity index (χ0v) is 14.9. The number of pyridine rings is 1. The minimum Gasteiger partial charge on any atom is -0.350 e. The number of aryl methyl sites for hydroxylation is 1. The summed E-state index contributed by atoms with van der Waals surface area (Å²) in [7, 11) is 0. The Hall–Kier alpha value is -2.95. The lowest BCUT2D eigenvalue weighted by Crippen LogP contribution is -2.27. The van der Waals surface area contributed by atoms with Crippen molar-refractivity contribution in [3.63, 3.8) is 0 Å². The van der Waals surface area contributed by atoms with Crippen molar-refractivity contribution in [1.82, 2.24) is 20.1 Å². The first-order valence-electron chi connectivity index (χ1n) is 9.07. The molecule has 1 aliphatic carbocycles. The van der Waals surface area contributed by atoms with E-state index in [1.165, 1.54) is 11.3 Å². The van der Waals surface area contributed by atoms with E-state index in [1.807, 2.05) is 23.0 Å². The monoisotopic (exact) mass is 346 g/mol. The molecule has 5 nitrogen and oxygen atoms in total. The molecule has 132 valence electrons. The van der Waals surface area contributed by atoms with E-state index in [2.05, 4.69) is 46.6 Å². The van der Waals surface area contributed by atoms with Crippen LogP contribution in [0, 0.1) is 6.92 Å². The van der Waals surface area contributed by atoms with Crippen LogP contribution in [0.2, 0.25) is 0 Å². The fourth-order valence-corrected chi connectivity index (χ4v) is 3.47. The van der Waals surface area contributed by atoms with Crippen molar-refractivity contribution in [3.8, 4) is 5.69 Å². The molecule has 26 heavy (non-hydrogen) atoms. The van der Waals surface area contributed by atoms with E-state index in [1.54, 1.807) is 6.20 Å². The lowest BCUT2D eigenvalue weighted by molar-refractivity contribution is 0.0948. The first-order chi connectivity index (χ1) is 12.7. The van der Waals surface area contributed by atoms with Gasteiger partial charge < -0.3 is 5.32 Å². The van der Waals surface area contributed by atoms with Crippen molar-refractivity contribution in [3.05, 3.63) is 76.9 Å². The highest BCUT2D eigenvalue weighted by Crippen LogP contribution is 2.27. The molecule has 0 saturated carbocycles. The summed E-state index contributed by atoms with van der Waals surface area (Å²) in [6.07, 6.45) is 7.32. The lowest BCUT2D eigenvalue weighted by atomic mass is 10.2. The number of nitrogens with one attached hydrogen (secondary N) is 1. The molecule has 5 heteroatoms. The van der Waals surface area contributed by atoms with Crippen LogP contribution in [0.1, 0.15) is 39.3 Å². The largest absolute Gasteiger partial charge is 0.350 e. The Morgan fingerprint density at radius 3 is 2.81 bits per heavy atom. The van der Waals surface area contributed by atoms with E-state index >= 15 is 0 Å². The van der Waals surface area contributed by atoms with Crippen molar-refractivity contribution in [2.45, 2.75) is 32.6 Å². The molecule has 1 aliphatic rings. The third kappa shape index (κ3) is 3.25. The summed E-state index contributed by atoms with van der Waals surface area (Å²) in [5.41, 5.74) is 6.19. The summed E-state index contributed by atoms with van der Waals surface area (Å²) in [4.78, 5) is 16.8. The Morgan fingerprint density at radius 1 is 1.19 bits per heavy atom. The van der Waals surface area contributed by atoms with Gasteiger partial charge >= 0.3 is 0 Å². The highest BCUT2D eigenvalue weighted by Gasteiger charge is 2.26. The molecule has 0 aliphatic heterocycles. The van der Waals surface area contributed by atoms with Crippen LogP contribution in [0.4, 0.5) is 0 Å². The lowest BCUT2D eigenvalue weighted by Gasteiger charge is -2.06. The zero-order valence-electron chi connectivity index (χ0n) is 14.9. The van der Waals surface area contributed by atoms with Crippen LogP contribution < -0.4 is 5.32 Å². The highest BCUT2D eigenvalue weighted by molar-refractivity contribution is 5.94. The molecule has 0 bridgehead atoms. The number of carbonyl (C=O) groups is 1. The van der Waals surface area contributed by atoms with Gasteiger partial charge in [-0.05, 0) is 56.4 Å². The van der Waals surface area contributed by atoms with Crippen LogP contribution in [0.5, 0.6) is 0 Å². The number of hydrogen-bond acceptors (Lipinski definition) is 3. The predicted octanol–water partition coefficient (Wildman–Crippen LogP) is 3.04. The van der Waals surface area contributed by atoms with Crippen molar-refractivity contribution >= 4 is 5.91 Å². The zero-order chi connectivity index (χ0) is 17.9. The molecular weight excluding hydrogens is 324 g/mol. The van der Waals surface area contributed by atoms with Gasteiger partial charge in [0.2, 0.25) is 0 Å². The van der Waals surface area contributed by atoms with Crippen molar-refractivity contribution in [2.75, 3.05) is 6.54 Å². The van der Waals surface area contributed by atoms with Gasteiger partial charge in [0.15, 0.2) is 5.69 Å². The summed E-state index contributed by atoms with van der Waals surface area (Å²) in [5, 5.41) is 7.66. The van der Waals surface area contributed by atoms with E-state index in [9.17, 15) is 4.79 Å². The summed E-state index contributed by atoms with van der Waals surface area (Å²) >= 11 is 0.